The number of ether oxygens (including phenoxy) is 4. The zero-order valence-electron chi connectivity index (χ0n) is 20.8. The molecule has 1 N–H and O–H groups in total. The van der Waals surface area contributed by atoms with Crippen molar-refractivity contribution in [1.29, 1.82) is 0 Å². The molecule has 0 bridgehead atoms. The Labute approximate surface area is 223 Å². The number of esters is 4. The topological polar surface area (TPSA) is 125 Å². The summed E-state index contributed by atoms with van der Waals surface area (Å²) < 4.78 is 33.5. The van der Waals surface area contributed by atoms with E-state index in [-0.39, 0.29) is 16.7 Å². The Morgan fingerprint density at radius 1 is 0.919 bits per heavy atom. The van der Waals surface area contributed by atoms with Crippen LogP contribution in [0.15, 0.2) is 23.1 Å². The number of aliphatic hydroxyl groups excluding tert-OH is 1. The molecule has 3 rings (SSSR count). The number of benzene rings is 1. The van der Waals surface area contributed by atoms with E-state index in [0.29, 0.717) is 4.90 Å². The van der Waals surface area contributed by atoms with Crippen molar-refractivity contribution >= 4 is 47.2 Å². The van der Waals surface area contributed by atoms with E-state index in [1.165, 1.54) is 30.0 Å². The smallest absolute Gasteiger partial charge is 0.312 e. The molecule has 204 valence electrons. The van der Waals surface area contributed by atoms with Gasteiger partial charge in [0.1, 0.15) is 5.82 Å². The van der Waals surface area contributed by atoms with Crippen LogP contribution in [0.5, 0.6) is 0 Å². The normalized spacial score (nSPS) is 26.0. The summed E-state index contributed by atoms with van der Waals surface area (Å²) >= 11 is 7.12. The van der Waals surface area contributed by atoms with E-state index in [0.717, 1.165) is 0 Å². The predicted molar refractivity (Wildman–Crippen MR) is 129 cm³/mol. The number of carbonyl (C=O) groups is 4. The lowest BCUT2D eigenvalue weighted by Crippen LogP contribution is -2.36. The summed E-state index contributed by atoms with van der Waals surface area (Å²) in [4.78, 5) is 49.5. The summed E-state index contributed by atoms with van der Waals surface area (Å²) in [6.07, 6.45) is -1.03. The molecule has 0 heterocycles. The van der Waals surface area contributed by atoms with Crippen LogP contribution in [0, 0.1) is 47.2 Å². The van der Waals surface area contributed by atoms with Crippen molar-refractivity contribution in [3.8, 4) is 0 Å². The van der Waals surface area contributed by atoms with E-state index in [2.05, 4.69) is 0 Å². The minimum atomic E-state index is -1.03. The van der Waals surface area contributed by atoms with Crippen molar-refractivity contribution in [2.24, 2.45) is 41.4 Å². The molecule has 0 amide bonds. The maximum atomic E-state index is 13.5. The number of hydrogen-bond donors (Lipinski definition) is 1. The van der Waals surface area contributed by atoms with Gasteiger partial charge in [0.15, 0.2) is 0 Å². The molecule has 0 saturated heterocycles. The van der Waals surface area contributed by atoms with Gasteiger partial charge in [-0.25, -0.2) is 4.39 Å². The summed E-state index contributed by atoms with van der Waals surface area (Å²) in [5, 5.41) is 10.9. The lowest BCUT2D eigenvalue weighted by molar-refractivity contribution is -0.174. The number of carbonyl (C=O) groups excluding carboxylic acids is 4. The molecule has 0 aliphatic heterocycles. The number of aliphatic hydroxyl groups is 1. The quantitative estimate of drug-likeness (QED) is 0.244. The van der Waals surface area contributed by atoms with Crippen molar-refractivity contribution in [2.45, 2.75) is 38.7 Å². The monoisotopic (exact) mass is 560 g/mol. The Hall–Kier alpha value is -2.37. The zero-order chi connectivity index (χ0) is 27.4. The fourth-order valence-corrected chi connectivity index (χ4v) is 5.87. The van der Waals surface area contributed by atoms with Crippen molar-refractivity contribution < 1.29 is 47.6 Å². The van der Waals surface area contributed by atoms with Crippen molar-refractivity contribution in [3.63, 3.8) is 0 Å². The SMILES string of the molecule is CC(C)C(=O)OCOC(=O)[C@@H]1[C@H](CSc2ccc(F)c(Cl)c2)[C@@H](O)[C@H]2[C@H](C(=O)OCOC(=O)C(C)C)[C@@H]12. The van der Waals surface area contributed by atoms with Crippen LogP contribution >= 0.6 is 23.4 Å². The summed E-state index contributed by atoms with van der Waals surface area (Å²) in [5.41, 5.74) is 0. The van der Waals surface area contributed by atoms with Crippen LogP contribution in [0.1, 0.15) is 27.7 Å². The van der Waals surface area contributed by atoms with Crippen LogP contribution in [-0.4, -0.2) is 54.4 Å². The van der Waals surface area contributed by atoms with Gasteiger partial charge in [-0.1, -0.05) is 39.3 Å². The third-order valence-corrected chi connectivity index (χ3v) is 7.90. The third kappa shape index (κ3) is 6.94. The van der Waals surface area contributed by atoms with Gasteiger partial charge in [0.2, 0.25) is 13.6 Å². The van der Waals surface area contributed by atoms with E-state index in [9.17, 15) is 28.7 Å². The molecule has 1 aromatic rings. The van der Waals surface area contributed by atoms with Crippen molar-refractivity contribution in [2.75, 3.05) is 19.3 Å². The second kappa shape index (κ2) is 12.4. The highest BCUT2D eigenvalue weighted by Crippen LogP contribution is 2.64. The molecule has 12 heteroatoms. The Morgan fingerprint density at radius 2 is 1.46 bits per heavy atom. The summed E-state index contributed by atoms with van der Waals surface area (Å²) in [6.45, 7) is 5.39. The molecule has 0 radical (unpaired) electrons. The Balaban J connectivity index is 1.67. The Bertz CT molecular complexity index is 1030. The van der Waals surface area contributed by atoms with Crippen LogP contribution in [0.4, 0.5) is 4.39 Å². The second-order valence-electron chi connectivity index (χ2n) is 9.65. The first-order valence-corrected chi connectivity index (χ1v) is 13.2. The maximum absolute atomic E-state index is 13.5. The Kier molecular flexibility index (Phi) is 9.82. The van der Waals surface area contributed by atoms with Crippen LogP contribution in [-0.2, 0) is 38.1 Å². The second-order valence-corrected chi connectivity index (χ2v) is 11.1. The van der Waals surface area contributed by atoms with Gasteiger partial charge in [0.25, 0.3) is 0 Å². The van der Waals surface area contributed by atoms with Crippen molar-refractivity contribution in [1.82, 2.24) is 0 Å². The first-order chi connectivity index (χ1) is 17.4. The molecule has 9 nitrogen and oxygen atoms in total. The molecule has 6 atom stereocenters. The van der Waals surface area contributed by atoms with Gasteiger partial charge >= 0.3 is 23.9 Å². The van der Waals surface area contributed by atoms with Gasteiger partial charge in [-0.05, 0) is 24.1 Å². The van der Waals surface area contributed by atoms with Gasteiger partial charge in [-0.2, -0.15) is 0 Å². The van der Waals surface area contributed by atoms with Gasteiger partial charge in [-0.3, -0.25) is 19.2 Å². The molecule has 0 unspecified atom stereocenters. The number of fused-ring (bicyclic) bond motifs is 1. The van der Waals surface area contributed by atoms with Gasteiger partial charge in [0.05, 0.1) is 34.8 Å². The number of rotatable bonds is 11. The largest absolute Gasteiger partial charge is 0.428 e. The predicted octanol–water partition coefficient (Wildman–Crippen LogP) is 3.44. The van der Waals surface area contributed by atoms with E-state index < -0.39 is 84.9 Å². The lowest BCUT2D eigenvalue weighted by Gasteiger charge is -2.25. The van der Waals surface area contributed by atoms with E-state index >= 15 is 0 Å². The molecule has 2 saturated carbocycles. The molecule has 1 aromatic carbocycles. The highest BCUT2D eigenvalue weighted by atomic mass is 35.5. The average Bonchev–Trinajstić information content (AvgIpc) is 3.50. The number of hydrogen-bond acceptors (Lipinski definition) is 10. The summed E-state index contributed by atoms with van der Waals surface area (Å²) in [5.74, 6) is -6.93. The van der Waals surface area contributed by atoms with E-state index in [1.807, 2.05) is 0 Å². The van der Waals surface area contributed by atoms with Gasteiger partial charge < -0.3 is 24.1 Å². The highest BCUT2D eigenvalue weighted by molar-refractivity contribution is 7.99. The highest BCUT2D eigenvalue weighted by Gasteiger charge is 2.72. The van der Waals surface area contributed by atoms with Crippen LogP contribution in [0.3, 0.4) is 0 Å². The first kappa shape index (κ1) is 29.2. The lowest BCUT2D eigenvalue weighted by atomic mass is 9.88. The first-order valence-electron chi connectivity index (χ1n) is 11.9. The van der Waals surface area contributed by atoms with Crippen molar-refractivity contribution in [3.05, 3.63) is 29.0 Å². The van der Waals surface area contributed by atoms with Gasteiger partial charge in [-0.15, -0.1) is 11.8 Å². The maximum Gasteiger partial charge on any atom is 0.312 e. The minimum absolute atomic E-state index is 0.0521. The fraction of sp³-hybridized carbons (Fsp3) is 0.600. The summed E-state index contributed by atoms with van der Waals surface area (Å²) in [7, 11) is 0. The molecule has 2 aliphatic carbocycles. The average molecular weight is 561 g/mol. The van der Waals surface area contributed by atoms with Crippen LogP contribution < -0.4 is 0 Å². The number of halogens is 2. The Morgan fingerprint density at radius 3 is 1.97 bits per heavy atom. The van der Waals surface area contributed by atoms with Crippen LogP contribution in [0.25, 0.3) is 0 Å². The standard InChI is InChI=1S/C25H30ClFO9S/c1-11(2)22(29)33-9-35-24(31)17-14(8-37-13-5-6-16(27)15(26)7-13)21(28)19-18(17)20(19)25(32)36-10-34-23(30)12(3)4/h5-7,11-12,14,17-21,28H,8-10H2,1-4H3/t14-,17+,18-,19+,20+,21+/m0/s1. The molecule has 2 aliphatic rings. The van der Waals surface area contributed by atoms with Gasteiger partial charge in [0, 0.05) is 22.5 Å². The summed E-state index contributed by atoms with van der Waals surface area (Å²) in [6, 6.07) is 4.20. The molecule has 37 heavy (non-hydrogen) atoms. The molecule has 0 spiro atoms. The molecular formula is C25H30ClFO9S. The molecule has 0 aromatic heterocycles. The number of thioether (sulfide) groups is 1. The zero-order valence-corrected chi connectivity index (χ0v) is 22.4. The van der Waals surface area contributed by atoms with E-state index in [4.69, 9.17) is 30.5 Å². The minimum Gasteiger partial charge on any atom is -0.428 e. The van der Waals surface area contributed by atoms with Crippen LogP contribution in [0.2, 0.25) is 5.02 Å². The fourth-order valence-electron chi connectivity index (χ4n) is 4.47. The van der Waals surface area contributed by atoms with E-state index in [1.54, 1.807) is 27.7 Å². The molecule has 2 fully saturated rings. The molecular weight excluding hydrogens is 531 g/mol. The third-order valence-electron chi connectivity index (χ3n) is 6.47.